The number of aryl methyl sites for hydroxylation is 1. The van der Waals surface area contributed by atoms with Gasteiger partial charge in [0, 0.05) is 25.6 Å². The summed E-state index contributed by atoms with van der Waals surface area (Å²) in [4.78, 5) is 2.57. The standard InChI is InChI=1S/C16H22N4/c1-13-10-15(16-18-17-12-19(16)2)8-9-20(13)11-14-6-4-3-5-7-14/h3-7,12-13,15H,8-11H2,1-2H3/t13-,15-/m0/s1. The van der Waals surface area contributed by atoms with E-state index in [1.807, 2.05) is 7.05 Å². The average Bonchev–Trinajstić information content (AvgIpc) is 2.88. The Labute approximate surface area is 120 Å². The van der Waals surface area contributed by atoms with Gasteiger partial charge in [-0.15, -0.1) is 10.2 Å². The molecule has 106 valence electrons. The van der Waals surface area contributed by atoms with Crippen LogP contribution in [0.5, 0.6) is 0 Å². The second-order valence-electron chi connectivity index (χ2n) is 5.83. The van der Waals surface area contributed by atoms with Crippen LogP contribution in [-0.2, 0) is 13.6 Å². The lowest BCUT2D eigenvalue weighted by Gasteiger charge is -2.37. The molecular weight excluding hydrogens is 248 g/mol. The molecule has 0 saturated carbocycles. The molecule has 3 rings (SSSR count). The maximum Gasteiger partial charge on any atom is 0.135 e. The van der Waals surface area contributed by atoms with Gasteiger partial charge in [0.1, 0.15) is 12.2 Å². The van der Waals surface area contributed by atoms with Crippen LogP contribution in [0, 0.1) is 0 Å². The van der Waals surface area contributed by atoms with E-state index in [4.69, 9.17) is 0 Å². The predicted molar refractivity (Wildman–Crippen MR) is 79.3 cm³/mol. The van der Waals surface area contributed by atoms with Crippen molar-refractivity contribution in [3.8, 4) is 0 Å². The summed E-state index contributed by atoms with van der Waals surface area (Å²) >= 11 is 0. The number of rotatable bonds is 3. The first-order valence-corrected chi connectivity index (χ1v) is 7.36. The van der Waals surface area contributed by atoms with Crippen molar-refractivity contribution in [1.82, 2.24) is 19.7 Å². The third-order valence-electron chi connectivity index (χ3n) is 4.35. The molecule has 0 spiro atoms. The Morgan fingerprint density at radius 3 is 2.70 bits per heavy atom. The highest BCUT2D eigenvalue weighted by molar-refractivity contribution is 5.15. The van der Waals surface area contributed by atoms with Crippen LogP contribution in [0.1, 0.15) is 37.1 Å². The van der Waals surface area contributed by atoms with E-state index in [0.717, 1.165) is 18.9 Å². The lowest BCUT2D eigenvalue weighted by molar-refractivity contribution is 0.135. The highest BCUT2D eigenvalue weighted by Crippen LogP contribution is 2.30. The van der Waals surface area contributed by atoms with Gasteiger partial charge in [-0.3, -0.25) is 4.90 Å². The molecular formula is C16H22N4. The summed E-state index contributed by atoms with van der Waals surface area (Å²) in [6.07, 6.45) is 4.14. The summed E-state index contributed by atoms with van der Waals surface area (Å²) in [6.45, 7) is 4.51. The molecule has 20 heavy (non-hydrogen) atoms. The SMILES string of the molecule is C[C@H]1C[C@@H](c2nncn2C)CCN1Cc1ccccc1. The fraction of sp³-hybridized carbons (Fsp3) is 0.500. The lowest BCUT2D eigenvalue weighted by atomic mass is 9.90. The van der Waals surface area contributed by atoms with Crippen LogP contribution in [0.4, 0.5) is 0 Å². The zero-order valence-corrected chi connectivity index (χ0v) is 12.2. The van der Waals surface area contributed by atoms with Crippen molar-refractivity contribution in [3.63, 3.8) is 0 Å². The number of aromatic nitrogens is 3. The van der Waals surface area contributed by atoms with Gasteiger partial charge < -0.3 is 4.57 Å². The second-order valence-corrected chi connectivity index (χ2v) is 5.83. The van der Waals surface area contributed by atoms with Crippen molar-refractivity contribution in [3.05, 3.63) is 48.0 Å². The molecule has 2 aromatic rings. The smallest absolute Gasteiger partial charge is 0.135 e. The molecule has 2 atom stereocenters. The minimum Gasteiger partial charge on any atom is -0.320 e. The summed E-state index contributed by atoms with van der Waals surface area (Å²) < 4.78 is 2.06. The Morgan fingerprint density at radius 1 is 1.25 bits per heavy atom. The quantitative estimate of drug-likeness (QED) is 0.859. The topological polar surface area (TPSA) is 34.0 Å². The molecule has 4 nitrogen and oxygen atoms in total. The maximum atomic E-state index is 4.28. The van der Waals surface area contributed by atoms with Crippen LogP contribution in [-0.4, -0.2) is 32.3 Å². The highest BCUT2D eigenvalue weighted by atomic mass is 15.3. The molecule has 1 aromatic carbocycles. The molecule has 0 bridgehead atoms. The van der Waals surface area contributed by atoms with Crippen molar-refractivity contribution in [2.24, 2.45) is 7.05 Å². The summed E-state index contributed by atoms with van der Waals surface area (Å²) in [5, 5.41) is 8.29. The Balaban J connectivity index is 1.64. The zero-order chi connectivity index (χ0) is 13.9. The highest BCUT2D eigenvalue weighted by Gasteiger charge is 2.28. The first kappa shape index (κ1) is 13.3. The lowest BCUT2D eigenvalue weighted by Crippen LogP contribution is -2.40. The first-order valence-electron chi connectivity index (χ1n) is 7.36. The summed E-state index contributed by atoms with van der Waals surface area (Å²) in [5.74, 6) is 1.68. The van der Waals surface area contributed by atoms with E-state index in [9.17, 15) is 0 Å². The zero-order valence-electron chi connectivity index (χ0n) is 12.2. The molecule has 0 unspecified atom stereocenters. The van der Waals surface area contributed by atoms with Crippen molar-refractivity contribution in [2.45, 2.75) is 38.3 Å². The molecule has 1 saturated heterocycles. The van der Waals surface area contributed by atoms with Gasteiger partial charge in [0.2, 0.25) is 0 Å². The van der Waals surface area contributed by atoms with Gasteiger partial charge in [0.15, 0.2) is 0 Å². The largest absolute Gasteiger partial charge is 0.320 e. The summed E-state index contributed by atoms with van der Waals surface area (Å²) in [5.41, 5.74) is 1.40. The third kappa shape index (κ3) is 2.75. The van der Waals surface area contributed by atoms with E-state index in [1.165, 1.54) is 18.4 Å². The summed E-state index contributed by atoms with van der Waals surface area (Å²) in [6, 6.07) is 11.3. The van der Waals surface area contributed by atoms with Crippen LogP contribution in [0.3, 0.4) is 0 Å². The van der Waals surface area contributed by atoms with Crippen LogP contribution in [0.15, 0.2) is 36.7 Å². The van der Waals surface area contributed by atoms with Crippen LogP contribution in [0.25, 0.3) is 0 Å². The van der Waals surface area contributed by atoms with E-state index in [2.05, 4.69) is 56.9 Å². The number of piperidine rings is 1. The molecule has 1 aliphatic heterocycles. The van der Waals surface area contributed by atoms with Gasteiger partial charge in [0.05, 0.1) is 0 Å². The Morgan fingerprint density at radius 2 is 2.05 bits per heavy atom. The number of likely N-dealkylation sites (tertiary alicyclic amines) is 1. The van der Waals surface area contributed by atoms with E-state index >= 15 is 0 Å². The third-order valence-corrected chi connectivity index (χ3v) is 4.35. The van der Waals surface area contributed by atoms with Crippen molar-refractivity contribution in [2.75, 3.05) is 6.54 Å². The molecule has 2 heterocycles. The molecule has 1 fully saturated rings. The Hall–Kier alpha value is -1.68. The van der Waals surface area contributed by atoms with Crippen LogP contribution >= 0.6 is 0 Å². The molecule has 1 aliphatic rings. The van der Waals surface area contributed by atoms with E-state index in [1.54, 1.807) is 6.33 Å². The van der Waals surface area contributed by atoms with Gasteiger partial charge >= 0.3 is 0 Å². The van der Waals surface area contributed by atoms with Crippen molar-refractivity contribution < 1.29 is 0 Å². The molecule has 0 radical (unpaired) electrons. The molecule has 1 aromatic heterocycles. The summed E-state index contributed by atoms with van der Waals surface area (Å²) in [7, 11) is 2.04. The number of benzene rings is 1. The molecule has 4 heteroatoms. The van der Waals surface area contributed by atoms with Crippen molar-refractivity contribution in [1.29, 1.82) is 0 Å². The van der Waals surface area contributed by atoms with Gasteiger partial charge in [-0.1, -0.05) is 30.3 Å². The average molecular weight is 270 g/mol. The number of hydrogen-bond donors (Lipinski definition) is 0. The van der Waals surface area contributed by atoms with Crippen molar-refractivity contribution >= 4 is 0 Å². The van der Waals surface area contributed by atoms with Gasteiger partial charge in [0.25, 0.3) is 0 Å². The Bertz CT molecular complexity index is 549. The maximum absolute atomic E-state index is 4.28. The minimum atomic E-state index is 0.546. The van der Waals surface area contributed by atoms with E-state index in [0.29, 0.717) is 12.0 Å². The fourth-order valence-corrected chi connectivity index (χ4v) is 3.17. The van der Waals surface area contributed by atoms with Crippen LogP contribution in [0.2, 0.25) is 0 Å². The van der Waals surface area contributed by atoms with Crippen LogP contribution < -0.4 is 0 Å². The molecule has 0 amide bonds. The van der Waals surface area contributed by atoms with E-state index < -0.39 is 0 Å². The monoisotopic (exact) mass is 270 g/mol. The molecule has 0 aliphatic carbocycles. The minimum absolute atomic E-state index is 0.546. The number of hydrogen-bond acceptors (Lipinski definition) is 3. The first-order chi connectivity index (χ1) is 9.74. The fourth-order valence-electron chi connectivity index (χ4n) is 3.17. The van der Waals surface area contributed by atoms with Gasteiger partial charge in [-0.2, -0.15) is 0 Å². The number of nitrogens with zero attached hydrogens (tertiary/aromatic N) is 4. The second kappa shape index (κ2) is 5.75. The molecule has 0 N–H and O–H groups in total. The van der Waals surface area contributed by atoms with E-state index in [-0.39, 0.29) is 0 Å². The Kier molecular flexibility index (Phi) is 3.83. The van der Waals surface area contributed by atoms with Gasteiger partial charge in [-0.25, -0.2) is 0 Å². The predicted octanol–water partition coefficient (Wildman–Crippen LogP) is 2.58. The van der Waals surface area contributed by atoms with Gasteiger partial charge in [-0.05, 0) is 31.9 Å². The normalized spacial score (nSPS) is 23.9.